The highest BCUT2D eigenvalue weighted by Crippen LogP contribution is 2.38. The van der Waals surface area contributed by atoms with Crippen LogP contribution in [0, 0.1) is 0 Å². The standard InChI is InChI=1S/C31H34N4O7S.C22H17ClN2O5S.C9H18N2O2/c1-31(2,3)42-30(37)34-11-9-33(10-12-34)24-6-4-5-21(15-24)29(36)26-16-22-19-35(20-23(22)18-32-26)43(38,39)25-7-8-27-28(17-25)41-14-13-40-27;23-17-3-1-2-14(8-17)22(26)19-9-15-12-25(13-16(15)11-24-19)31(27,28)18-4-5-20-21(10-18)30-7-6-29-20;1-9(2,3)13-8(12)11-6-4-10-5-7-11/h4-8,15-18H,9-14,19-20H2,1-3H3;1-5,8-11H,6-7,12-13H2;10H,4-7H2,1-3H3. The minimum atomic E-state index is -3.81. The zero-order chi connectivity index (χ0) is 61.8. The Labute approximate surface area is 511 Å². The van der Waals surface area contributed by atoms with Crippen molar-refractivity contribution in [1.82, 2.24) is 33.7 Å². The summed E-state index contributed by atoms with van der Waals surface area (Å²) < 4.78 is 88.8. The summed E-state index contributed by atoms with van der Waals surface area (Å²) in [4.78, 5) is 64.6. The Morgan fingerprint density at radius 3 is 1.39 bits per heavy atom. The number of anilines is 1. The molecule has 2 amide bonds. The summed E-state index contributed by atoms with van der Waals surface area (Å²) in [5, 5.41) is 3.64. The maximum atomic E-state index is 13.5. The zero-order valence-electron chi connectivity index (χ0n) is 49.2. The summed E-state index contributed by atoms with van der Waals surface area (Å²) in [5.74, 6) is 1.37. The highest BCUT2D eigenvalue weighted by molar-refractivity contribution is 7.89. The molecular weight excluding hydrogens is 1180 g/mol. The van der Waals surface area contributed by atoms with Gasteiger partial charge in [-0.1, -0.05) is 35.9 Å². The van der Waals surface area contributed by atoms with E-state index in [0.717, 1.165) is 54.1 Å². The van der Waals surface area contributed by atoms with Crippen LogP contribution in [0.5, 0.6) is 23.0 Å². The second-order valence-corrected chi connectivity index (χ2v) is 27.5. The monoisotopic (exact) mass is 1250 g/mol. The number of carbonyl (C=O) groups is 4. The molecule has 6 aliphatic heterocycles. The largest absolute Gasteiger partial charge is 0.486 e. The molecule has 6 aliphatic rings. The van der Waals surface area contributed by atoms with Gasteiger partial charge >= 0.3 is 12.2 Å². The number of hydrogen-bond donors (Lipinski definition) is 1. The Morgan fingerprint density at radius 2 is 0.931 bits per heavy atom. The SMILES string of the molecule is CC(C)(C)OC(=O)N1CCN(c2cccc(C(=O)c3cc4c(cn3)CN(S(=O)(=O)c3ccc5c(c3)OCCO5)C4)c2)CC1.CC(C)(C)OC(=O)N1CCNCC1.O=C(c1cccc(Cl)c1)c1cc2c(cn1)CN(S(=O)(=O)c1ccc3c(c1)OCCO3)C2. The van der Waals surface area contributed by atoms with Crippen molar-refractivity contribution in [3.8, 4) is 23.0 Å². The molecule has 25 heteroatoms. The van der Waals surface area contributed by atoms with Gasteiger partial charge in [-0.05, 0) is 124 Å². The van der Waals surface area contributed by atoms with Gasteiger partial charge in [-0.3, -0.25) is 19.6 Å². The molecule has 6 aromatic rings. The normalized spacial score (nSPS) is 16.7. The number of benzene rings is 4. The van der Waals surface area contributed by atoms with Crippen LogP contribution >= 0.6 is 11.6 Å². The van der Waals surface area contributed by atoms with Crippen LogP contribution in [-0.2, 0) is 55.7 Å². The lowest BCUT2D eigenvalue weighted by molar-refractivity contribution is 0.0223. The molecule has 0 saturated carbocycles. The second-order valence-electron chi connectivity index (χ2n) is 23.2. The maximum absolute atomic E-state index is 13.5. The van der Waals surface area contributed by atoms with Gasteiger partial charge in [0.2, 0.25) is 31.6 Å². The zero-order valence-corrected chi connectivity index (χ0v) is 51.6. The quantitative estimate of drug-likeness (QED) is 0.134. The van der Waals surface area contributed by atoms with Crippen molar-refractivity contribution in [2.75, 3.05) is 83.7 Å². The summed E-state index contributed by atoms with van der Waals surface area (Å²) in [5.41, 5.74) is 4.39. The van der Waals surface area contributed by atoms with Crippen LogP contribution < -0.4 is 29.2 Å². The van der Waals surface area contributed by atoms with E-state index in [1.165, 1.54) is 32.9 Å². The third kappa shape index (κ3) is 14.9. The minimum absolute atomic E-state index is 0.123. The van der Waals surface area contributed by atoms with Crippen molar-refractivity contribution in [3.63, 3.8) is 0 Å². The van der Waals surface area contributed by atoms with Crippen molar-refractivity contribution in [1.29, 1.82) is 0 Å². The molecule has 0 unspecified atom stereocenters. The third-order valence-corrected chi connectivity index (χ3v) is 18.4. The fourth-order valence-corrected chi connectivity index (χ4v) is 13.2. The van der Waals surface area contributed by atoms with E-state index in [4.69, 9.17) is 40.0 Å². The number of carbonyl (C=O) groups excluding carboxylic acids is 4. The molecule has 1 N–H and O–H groups in total. The van der Waals surface area contributed by atoms with E-state index in [2.05, 4.69) is 20.2 Å². The maximum Gasteiger partial charge on any atom is 0.410 e. The number of hydrogen-bond acceptors (Lipinski definition) is 18. The predicted octanol–water partition coefficient (Wildman–Crippen LogP) is 8.11. The fourth-order valence-electron chi connectivity index (χ4n) is 10.2. The number of fused-ring (bicyclic) bond motifs is 4. The molecule has 12 rings (SSSR count). The number of nitrogens with zero attached hydrogens (tertiary/aromatic N) is 7. The molecular formula is C62H69ClN8O14S2. The van der Waals surface area contributed by atoms with E-state index in [9.17, 15) is 36.0 Å². The topological polar surface area (TPSA) is 246 Å². The van der Waals surface area contributed by atoms with E-state index in [-0.39, 0.29) is 76.7 Å². The lowest BCUT2D eigenvalue weighted by Gasteiger charge is -2.36. The van der Waals surface area contributed by atoms with Gasteiger partial charge in [0.1, 0.15) is 49.0 Å². The Morgan fingerprint density at radius 1 is 0.506 bits per heavy atom. The van der Waals surface area contributed by atoms with Gasteiger partial charge in [0.15, 0.2) is 23.0 Å². The average Bonchev–Trinajstić information content (AvgIpc) is 1.87. The summed E-state index contributed by atoms with van der Waals surface area (Å²) in [7, 11) is -7.58. The summed E-state index contributed by atoms with van der Waals surface area (Å²) in [6.45, 7) is 18.9. The van der Waals surface area contributed by atoms with Crippen LogP contribution in [0.15, 0.2) is 119 Å². The molecule has 460 valence electrons. The van der Waals surface area contributed by atoms with Crippen LogP contribution in [0.1, 0.15) is 95.9 Å². The number of ether oxygens (including phenoxy) is 6. The van der Waals surface area contributed by atoms with Crippen molar-refractivity contribution < 1.29 is 64.4 Å². The summed E-state index contributed by atoms with van der Waals surface area (Å²) in [6.07, 6.45) is 2.62. The Hall–Kier alpha value is -7.87. The van der Waals surface area contributed by atoms with Crippen molar-refractivity contribution >= 4 is 61.1 Å². The van der Waals surface area contributed by atoms with Crippen molar-refractivity contribution in [2.45, 2.75) is 88.7 Å². The molecule has 87 heavy (non-hydrogen) atoms. The highest BCUT2D eigenvalue weighted by Gasteiger charge is 2.35. The number of aromatic nitrogens is 2. The number of halogens is 1. The summed E-state index contributed by atoms with van der Waals surface area (Å²) in [6, 6.07) is 26.5. The molecule has 0 atom stereocenters. The molecule has 22 nitrogen and oxygen atoms in total. The highest BCUT2D eigenvalue weighted by atomic mass is 35.5. The number of rotatable bonds is 9. The lowest BCUT2D eigenvalue weighted by atomic mass is 10.0. The van der Waals surface area contributed by atoms with Crippen LogP contribution in [0.2, 0.25) is 5.02 Å². The number of piperazine rings is 2. The number of amides is 2. The van der Waals surface area contributed by atoms with E-state index < -0.39 is 25.6 Å². The fraction of sp³-hybridized carbons (Fsp3) is 0.387. The molecule has 2 aromatic heterocycles. The molecule has 4 aromatic carbocycles. The Kier molecular flexibility index (Phi) is 18.5. The van der Waals surface area contributed by atoms with Crippen LogP contribution in [0.4, 0.5) is 15.3 Å². The van der Waals surface area contributed by atoms with Gasteiger partial charge in [0.05, 0.1) is 9.79 Å². The molecule has 0 radical (unpaired) electrons. The third-order valence-electron chi connectivity index (χ3n) is 14.6. The van der Waals surface area contributed by atoms with Crippen LogP contribution in [0.3, 0.4) is 0 Å². The van der Waals surface area contributed by atoms with Crippen molar-refractivity contribution in [2.24, 2.45) is 0 Å². The van der Waals surface area contributed by atoms with Gasteiger partial charge in [-0.25, -0.2) is 26.4 Å². The van der Waals surface area contributed by atoms with Crippen molar-refractivity contribution in [3.05, 3.63) is 159 Å². The van der Waals surface area contributed by atoms with Gasteiger partial charge in [-0.2, -0.15) is 8.61 Å². The van der Waals surface area contributed by atoms with Gasteiger partial charge in [0, 0.05) is 125 Å². The summed E-state index contributed by atoms with van der Waals surface area (Å²) >= 11 is 5.98. The Bertz CT molecular complexity index is 3820. The smallest absolute Gasteiger partial charge is 0.410 e. The molecule has 0 bridgehead atoms. The van der Waals surface area contributed by atoms with E-state index in [1.54, 1.807) is 76.8 Å². The number of sulfonamides is 2. The molecule has 0 aliphatic carbocycles. The lowest BCUT2D eigenvalue weighted by Crippen LogP contribution is -2.50. The van der Waals surface area contributed by atoms with Crippen LogP contribution in [0.25, 0.3) is 0 Å². The first kappa shape index (κ1) is 62.2. The van der Waals surface area contributed by atoms with Gasteiger partial charge < -0.3 is 48.4 Å². The van der Waals surface area contributed by atoms with E-state index in [0.29, 0.717) is 91.8 Å². The predicted molar refractivity (Wildman–Crippen MR) is 322 cm³/mol. The first-order valence-electron chi connectivity index (χ1n) is 28.5. The number of pyridine rings is 2. The molecule has 2 fully saturated rings. The van der Waals surface area contributed by atoms with E-state index in [1.807, 2.05) is 59.7 Å². The molecule has 2 saturated heterocycles. The Balaban J connectivity index is 0.000000165. The number of ketones is 2. The first-order valence-corrected chi connectivity index (χ1v) is 31.8. The average molecular weight is 1250 g/mol. The van der Waals surface area contributed by atoms with Gasteiger partial charge in [0.25, 0.3) is 0 Å². The van der Waals surface area contributed by atoms with E-state index >= 15 is 0 Å². The first-order chi connectivity index (χ1) is 41.4. The van der Waals surface area contributed by atoms with Crippen LogP contribution in [-0.4, -0.2) is 159 Å². The molecule has 8 heterocycles. The number of nitrogens with one attached hydrogen (secondary N) is 1. The second kappa shape index (κ2) is 25.8. The molecule has 0 spiro atoms. The van der Waals surface area contributed by atoms with Gasteiger partial charge in [-0.15, -0.1) is 0 Å². The minimum Gasteiger partial charge on any atom is -0.486 e.